The van der Waals surface area contributed by atoms with E-state index in [1.165, 1.54) is 7.11 Å². The highest BCUT2D eigenvalue weighted by atomic mass is 16.5. The lowest BCUT2D eigenvalue weighted by atomic mass is 10.1. The van der Waals surface area contributed by atoms with E-state index in [-0.39, 0.29) is 12.8 Å². The van der Waals surface area contributed by atoms with E-state index >= 15 is 0 Å². The average molecular weight is 279 g/mol. The van der Waals surface area contributed by atoms with Crippen molar-refractivity contribution >= 4 is 17.8 Å². The monoisotopic (exact) mass is 279 g/mol. The fourth-order valence-electron chi connectivity index (χ4n) is 1.65. The topological polar surface area (TPSA) is 92.7 Å². The van der Waals surface area contributed by atoms with Gasteiger partial charge in [-0.3, -0.25) is 9.59 Å². The summed E-state index contributed by atoms with van der Waals surface area (Å²) in [6.07, 6.45) is -0.0822. The van der Waals surface area contributed by atoms with Crippen molar-refractivity contribution in [2.45, 2.75) is 25.8 Å². The summed E-state index contributed by atoms with van der Waals surface area (Å²) in [6.45, 7) is 1.84. The van der Waals surface area contributed by atoms with Gasteiger partial charge in [0, 0.05) is 12.0 Å². The second kappa shape index (κ2) is 7.28. The van der Waals surface area contributed by atoms with Gasteiger partial charge in [-0.25, -0.2) is 4.79 Å². The second-order valence-electron chi connectivity index (χ2n) is 4.35. The lowest BCUT2D eigenvalue weighted by Gasteiger charge is -2.14. The molecule has 0 aliphatic rings. The minimum Gasteiger partial charge on any atom is -0.480 e. The number of benzene rings is 1. The molecule has 1 aromatic carbocycles. The minimum absolute atomic E-state index is 0.0143. The third kappa shape index (κ3) is 4.72. The molecule has 0 aromatic heterocycles. The molecule has 0 heterocycles. The smallest absolute Gasteiger partial charge is 0.326 e. The summed E-state index contributed by atoms with van der Waals surface area (Å²) in [5.41, 5.74) is 1.29. The van der Waals surface area contributed by atoms with Crippen LogP contribution in [0.15, 0.2) is 24.3 Å². The summed E-state index contributed by atoms with van der Waals surface area (Å²) >= 11 is 0. The Morgan fingerprint density at radius 2 is 2.05 bits per heavy atom. The number of ether oxygens (including phenoxy) is 1. The zero-order valence-electron chi connectivity index (χ0n) is 11.4. The van der Waals surface area contributed by atoms with Gasteiger partial charge in [0.25, 0.3) is 5.91 Å². The van der Waals surface area contributed by atoms with Crippen LogP contribution in [-0.4, -0.2) is 36.1 Å². The number of hydrogen-bond acceptors (Lipinski definition) is 4. The molecule has 0 aliphatic carbocycles. The number of rotatable bonds is 6. The predicted octanol–water partition coefficient (Wildman–Crippen LogP) is 1.13. The molecule has 0 radical (unpaired) electrons. The molecule has 0 aliphatic heterocycles. The average Bonchev–Trinajstić information content (AvgIpc) is 2.42. The van der Waals surface area contributed by atoms with Crippen LogP contribution >= 0.6 is 0 Å². The summed E-state index contributed by atoms with van der Waals surface area (Å²) in [5, 5.41) is 11.4. The molecular weight excluding hydrogens is 262 g/mol. The van der Waals surface area contributed by atoms with E-state index in [0.717, 1.165) is 5.56 Å². The number of nitrogens with one attached hydrogen (secondary N) is 1. The fourth-order valence-corrected chi connectivity index (χ4v) is 1.65. The number of hydrogen-bond donors (Lipinski definition) is 2. The van der Waals surface area contributed by atoms with Crippen molar-refractivity contribution in [2.24, 2.45) is 0 Å². The van der Waals surface area contributed by atoms with Gasteiger partial charge in [0.1, 0.15) is 6.04 Å². The maximum absolute atomic E-state index is 11.9. The predicted molar refractivity (Wildman–Crippen MR) is 71.3 cm³/mol. The third-order valence-corrected chi connectivity index (χ3v) is 2.75. The molecule has 108 valence electrons. The van der Waals surface area contributed by atoms with Gasteiger partial charge in [-0.1, -0.05) is 17.7 Å². The Labute approximate surface area is 116 Å². The van der Waals surface area contributed by atoms with Gasteiger partial charge in [-0.2, -0.15) is 0 Å². The lowest BCUT2D eigenvalue weighted by molar-refractivity contribution is -0.142. The van der Waals surface area contributed by atoms with Gasteiger partial charge in [0.05, 0.1) is 7.11 Å². The number of carboxylic acid groups (broad SMARTS) is 1. The molecule has 0 bridgehead atoms. The quantitative estimate of drug-likeness (QED) is 0.761. The van der Waals surface area contributed by atoms with Crippen molar-refractivity contribution in [3.8, 4) is 0 Å². The number of carbonyl (C=O) groups is 3. The van der Waals surface area contributed by atoms with E-state index in [4.69, 9.17) is 5.11 Å². The van der Waals surface area contributed by atoms with Crippen LogP contribution in [0.2, 0.25) is 0 Å². The lowest BCUT2D eigenvalue weighted by Crippen LogP contribution is -2.41. The zero-order valence-corrected chi connectivity index (χ0v) is 11.4. The first-order chi connectivity index (χ1) is 9.43. The van der Waals surface area contributed by atoms with E-state index in [2.05, 4.69) is 10.1 Å². The molecule has 1 rings (SSSR count). The van der Waals surface area contributed by atoms with Crippen LogP contribution < -0.4 is 5.32 Å². The number of esters is 1. The van der Waals surface area contributed by atoms with Crippen molar-refractivity contribution in [2.75, 3.05) is 7.11 Å². The molecule has 1 amide bonds. The van der Waals surface area contributed by atoms with Crippen LogP contribution in [0, 0.1) is 6.92 Å². The normalized spacial score (nSPS) is 11.5. The third-order valence-electron chi connectivity index (χ3n) is 2.75. The van der Waals surface area contributed by atoms with Crippen LogP contribution in [0.3, 0.4) is 0 Å². The molecular formula is C14H17NO5. The first-order valence-electron chi connectivity index (χ1n) is 6.11. The van der Waals surface area contributed by atoms with Crippen molar-refractivity contribution in [3.63, 3.8) is 0 Å². The van der Waals surface area contributed by atoms with Gasteiger partial charge in [0.2, 0.25) is 0 Å². The molecule has 6 nitrogen and oxygen atoms in total. The molecule has 0 fully saturated rings. The first kappa shape index (κ1) is 15.7. The Morgan fingerprint density at radius 3 is 2.60 bits per heavy atom. The van der Waals surface area contributed by atoms with Crippen molar-refractivity contribution < 1.29 is 24.2 Å². The van der Waals surface area contributed by atoms with Gasteiger partial charge >= 0.3 is 11.9 Å². The number of methoxy groups -OCH3 is 1. The number of aryl methyl sites for hydroxylation is 1. The molecule has 0 unspecified atom stereocenters. The Bertz CT molecular complexity index is 512. The number of aliphatic carboxylic acids is 1. The maximum Gasteiger partial charge on any atom is 0.326 e. The number of amides is 1. The van der Waals surface area contributed by atoms with Crippen LogP contribution in [0.25, 0.3) is 0 Å². The highest BCUT2D eigenvalue weighted by Gasteiger charge is 2.21. The van der Waals surface area contributed by atoms with Gasteiger partial charge < -0.3 is 15.2 Å². The highest BCUT2D eigenvalue weighted by Crippen LogP contribution is 2.06. The Kier molecular flexibility index (Phi) is 5.71. The Balaban J connectivity index is 2.68. The molecule has 0 saturated carbocycles. The fraction of sp³-hybridized carbons (Fsp3) is 0.357. The van der Waals surface area contributed by atoms with Gasteiger partial charge in [-0.05, 0) is 25.5 Å². The molecule has 0 saturated heterocycles. The Hall–Kier alpha value is -2.37. The maximum atomic E-state index is 11.9. The highest BCUT2D eigenvalue weighted by molar-refractivity contribution is 5.96. The van der Waals surface area contributed by atoms with Gasteiger partial charge in [0.15, 0.2) is 0 Å². The minimum atomic E-state index is -1.19. The largest absolute Gasteiger partial charge is 0.480 e. The molecule has 2 N–H and O–H groups in total. The summed E-state index contributed by atoms with van der Waals surface area (Å²) in [6, 6.07) is 5.69. The summed E-state index contributed by atoms with van der Waals surface area (Å²) < 4.78 is 4.44. The van der Waals surface area contributed by atoms with E-state index < -0.39 is 23.9 Å². The standard InChI is InChI=1S/C14H17NO5/c1-9-4-3-5-10(8-9)13(17)15-11(14(18)19)6-7-12(16)20-2/h3-5,8,11H,6-7H2,1-2H3,(H,15,17)(H,18,19)/t11-/m0/s1. The van der Waals surface area contributed by atoms with Crippen LogP contribution in [0.4, 0.5) is 0 Å². The number of carboxylic acids is 1. The van der Waals surface area contributed by atoms with E-state index in [9.17, 15) is 14.4 Å². The van der Waals surface area contributed by atoms with E-state index in [0.29, 0.717) is 5.56 Å². The summed E-state index contributed by atoms with van der Waals surface area (Å²) in [5.74, 6) is -2.18. The van der Waals surface area contributed by atoms with Crippen molar-refractivity contribution in [1.29, 1.82) is 0 Å². The summed E-state index contributed by atoms with van der Waals surface area (Å²) in [7, 11) is 1.23. The molecule has 0 spiro atoms. The van der Waals surface area contributed by atoms with E-state index in [1.54, 1.807) is 18.2 Å². The van der Waals surface area contributed by atoms with E-state index in [1.807, 2.05) is 13.0 Å². The molecule has 1 aromatic rings. The Morgan fingerprint density at radius 1 is 1.35 bits per heavy atom. The van der Waals surface area contributed by atoms with Crippen molar-refractivity contribution in [3.05, 3.63) is 35.4 Å². The van der Waals surface area contributed by atoms with Crippen molar-refractivity contribution in [1.82, 2.24) is 5.32 Å². The van der Waals surface area contributed by atoms with Crippen LogP contribution in [0.5, 0.6) is 0 Å². The SMILES string of the molecule is COC(=O)CC[C@H](NC(=O)c1cccc(C)c1)C(=O)O. The second-order valence-corrected chi connectivity index (χ2v) is 4.35. The van der Waals surface area contributed by atoms with Gasteiger partial charge in [-0.15, -0.1) is 0 Å². The molecule has 20 heavy (non-hydrogen) atoms. The first-order valence-corrected chi connectivity index (χ1v) is 6.11. The summed E-state index contributed by atoms with van der Waals surface area (Å²) in [4.78, 5) is 34.0. The number of carbonyl (C=O) groups excluding carboxylic acids is 2. The zero-order chi connectivity index (χ0) is 15.1. The van der Waals surface area contributed by atoms with Crippen LogP contribution in [-0.2, 0) is 14.3 Å². The molecule has 1 atom stereocenters. The van der Waals surface area contributed by atoms with Crippen LogP contribution in [0.1, 0.15) is 28.8 Å². The molecule has 6 heteroatoms.